The third kappa shape index (κ3) is 3.14. The van der Waals surface area contributed by atoms with E-state index >= 15 is 0 Å². The molecule has 0 aliphatic heterocycles. The van der Waals surface area contributed by atoms with Crippen molar-refractivity contribution in [3.05, 3.63) is 35.4 Å². The SMILES string of the molecule is CN(C)C(=O)c1cccc(CN(C)C2(C(N)=O)CCCC2)c1. The van der Waals surface area contributed by atoms with Crippen LogP contribution in [0, 0.1) is 0 Å². The van der Waals surface area contributed by atoms with E-state index < -0.39 is 5.54 Å². The number of likely N-dealkylation sites (N-methyl/N-ethyl adjacent to an activating group) is 1. The van der Waals surface area contributed by atoms with Crippen molar-refractivity contribution in [2.24, 2.45) is 5.73 Å². The fourth-order valence-electron chi connectivity index (χ4n) is 3.26. The summed E-state index contributed by atoms with van der Waals surface area (Å²) >= 11 is 0. The van der Waals surface area contributed by atoms with Gasteiger partial charge in [0.25, 0.3) is 5.91 Å². The number of carbonyl (C=O) groups excluding carboxylic acids is 2. The lowest BCUT2D eigenvalue weighted by Crippen LogP contribution is -2.53. The van der Waals surface area contributed by atoms with Gasteiger partial charge in [-0.15, -0.1) is 0 Å². The van der Waals surface area contributed by atoms with Crippen LogP contribution in [0.15, 0.2) is 24.3 Å². The first kappa shape index (κ1) is 16.5. The van der Waals surface area contributed by atoms with E-state index in [2.05, 4.69) is 0 Å². The second-order valence-electron chi connectivity index (χ2n) is 6.36. The fraction of sp³-hybridized carbons (Fsp3) is 0.529. The maximum Gasteiger partial charge on any atom is 0.253 e. The van der Waals surface area contributed by atoms with Gasteiger partial charge in [-0.05, 0) is 37.6 Å². The minimum atomic E-state index is -0.540. The number of rotatable bonds is 5. The minimum Gasteiger partial charge on any atom is -0.368 e. The molecule has 1 saturated carbocycles. The van der Waals surface area contributed by atoms with E-state index in [1.54, 1.807) is 19.0 Å². The largest absolute Gasteiger partial charge is 0.368 e. The quantitative estimate of drug-likeness (QED) is 0.899. The van der Waals surface area contributed by atoms with Crippen LogP contribution in [0.5, 0.6) is 0 Å². The Morgan fingerprint density at radius 3 is 2.36 bits per heavy atom. The van der Waals surface area contributed by atoms with Crippen LogP contribution in [0.3, 0.4) is 0 Å². The van der Waals surface area contributed by atoms with E-state index in [-0.39, 0.29) is 11.8 Å². The van der Waals surface area contributed by atoms with E-state index in [4.69, 9.17) is 5.73 Å². The lowest BCUT2D eigenvalue weighted by molar-refractivity contribution is -0.129. The standard InChI is InChI=1S/C17H25N3O2/c1-19(2)15(21)14-8-6-7-13(11-14)12-20(3)17(16(18)22)9-4-5-10-17/h6-8,11H,4-5,9-10,12H2,1-3H3,(H2,18,22). The van der Waals surface area contributed by atoms with E-state index in [9.17, 15) is 9.59 Å². The Morgan fingerprint density at radius 1 is 1.18 bits per heavy atom. The summed E-state index contributed by atoms with van der Waals surface area (Å²) in [7, 11) is 5.42. The smallest absolute Gasteiger partial charge is 0.253 e. The lowest BCUT2D eigenvalue weighted by atomic mass is 9.94. The molecule has 1 fully saturated rings. The van der Waals surface area contributed by atoms with Crippen LogP contribution in [0.25, 0.3) is 0 Å². The summed E-state index contributed by atoms with van der Waals surface area (Å²) in [6.45, 7) is 0.609. The molecule has 22 heavy (non-hydrogen) atoms. The van der Waals surface area contributed by atoms with Gasteiger partial charge in [-0.2, -0.15) is 0 Å². The summed E-state index contributed by atoms with van der Waals surface area (Å²) in [5, 5.41) is 0. The number of hydrogen-bond acceptors (Lipinski definition) is 3. The third-order valence-corrected chi connectivity index (χ3v) is 4.62. The van der Waals surface area contributed by atoms with Gasteiger partial charge >= 0.3 is 0 Å². The van der Waals surface area contributed by atoms with Gasteiger partial charge in [0.1, 0.15) is 5.54 Å². The molecule has 0 bridgehead atoms. The van der Waals surface area contributed by atoms with Gasteiger partial charge in [-0.1, -0.05) is 25.0 Å². The number of hydrogen-bond donors (Lipinski definition) is 1. The molecule has 0 saturated heterocycles. The highest BCUT2D eigenvalue weighted by Crippen LogP contribution is 2.35. The molecule has 0 spiro atoms. The molecule has 2 amide bonds. The zero-order valence-corrected chi connectivity index (χ0v) is 13.6. The first-order valence-electron chi connectivity index (χ1n) is 7.68. The molecule has 1 aliphatic rings. The van der Waals surface area contributed by atoms with Gasteiger partial charge in [0, 0.05) is 26.2 Å². The van der Waals surface area contributed by atoms with Crippen LogP contribution in [0.2, 0.25) is 0 Å². The molecule has 0 atom stereocenters. The summed E-state index contributed by atoms with van der Waals surface area (Å²) in [6, 6.07) is 7.56. The molecule has 0 heterocycles. The van der Waals surface area contributed by atoms with E-state index in [0.717, 1.165) is 31.2 Å². The molecule has 0 aromatic heterocycles. The number of nitrogens with zero attached hydrogens (tertiary/aromatic N) is 2. The monoisotopic (exact) mass is 303 g/mol. The van der Waals surface area contributed by atoms with E-state index in [1.165, 1.54) is 0 Å². The normalized spacial score (nSPS) is 16.7. The molecule has 1 aromatic rings. The van der Waals surface area contributed by atoms with Crippen LogP contribution >= 0.6 is 0 Å². The van der Waals surface area contributed by atoms with Crippen molar-refractivity contribution in [2.75, 3.05) is 21.1 Å². The van der Waals surface area contributed by atoms with Crippen molar-refractivity contribution in [3.63, 3.8) is 0 Å². The Bertz CT molecular complexity index is 563. The van der Waals surface area contributed by atoms with Gasteiger partial charge in [0.15, 0.2) is 0 Å². The average Bonchev–Trinajstić information content (AvgIpc) is 2.97. The third-order valence-electron chi connectivity index (χ3n) is 4.62. The van der Waals surface area contributed by atoms with Crippen molar-refractivity contribution in [3.8, 4) is 0 Å². The van der Waals surface area contributed by atoms with Crippen LogP contribution in [0.1, 0.15) is 41.6 Å². The zero-order valence-electron chi connectivity index (χ0n) is 13.6. The number of primary amides is 1. The zero-order chi connectivity index (χ0) is 16.3. The van der Waals surface area contributed by atoms with Crippen molar-refractivity contribution in [2.45, 2.75) is 37.8 Å². The molecule has 2 rings (SSSR count). The molecule has 120 valence electrons. The van der Waals surface area contributed by atoms with Gasteiger partial charge in [0.05, 0.1) is 0 Å². The Labute approximate surface area is 132 Å². The Balaban J connectivity index is 2.18. The summed E-state index contributed by atoms with van der Waals surface area (Å²) in [4.78, 5) is 27.6. The molecule has 0 radical (unpaired) electrons. The second kappa shape index (κ2) is 6.48. The maximum absolute atomic E-state index is 12.0. The molecular weight excluding hydrogens is 278 g/mol. The van der Waals surface area contributed by atoms with Crippen molar-refractivity contribution >= 4 is 11.8 Å². The van der Waals surface area contributed by atoms with Gasteiger partial charge in [-0.25, -0.2) is 0 Å². The van der Waals surface area contributed by atoms with Crippen molar-refractivity contribution in [1.29, 1.82) is 0 Å². The predicted molar refractivity (Wildman–Crippen MR) is 86.3 cm³/mol. The highest BCUT2D eigenvalue weighted by Gasteiger charge is 2.43. The number of amides is 2. The van der Waals surface area contributed by atoms with E-state index in [1.807, 2.05) is 36.2 Å². The van der Waals surface area contributed by atoms with Crippen molar-refractivity contribution < 1.29 is 9.59 Å². The van der Waals surface area contributed by atoms with Crippen LogP contribution in [-0.4, -0.2) is 48.3 Å². The first-order valence-corrected chi connectivity index (χ1v) is 7.68. The summed E-state index contributed by atoms with van der Waals surface area (Å²) in [5.41, 5.74) is 6.80. The number of carbonyl (C=O) groups is 2. The minimum absolute atomic E-state index is 0.0185. The highest BCUT2D eigenvalue weighted by atomic mass is 16.2. The highest BCUT2D eigenvalue weighted by molar-refractivity contribution is 5.94. The fourth-order valence-corrected chi connectivity index (χ4v) is 3.26. The summed E-state index contributed by atoms with van der Waals surface area (Å²) < 4.78 is 0. The van der Waals surface area contributed by atoms with Crippen LogP contribution < -0.4 is 5.73 Å². The van der Waals surface area contributed by atoms with Gasteiger partial charge in [-0.3, -0.25) is 14.5 Å². The molecule has 1 aromatic carbocycles. The van der Waals surface area contributed by atoms with Crippen LogP contribution in [0.4, 0.5) is 0 Å². The Hall–Kier alpha value is -1.88. The molecule has 0 unspecified atom stereocenters. The molecule has 2 N–H and O–H groups in total. The van der Waals surface area contributed by atoms with Crippen molar-refractivity contribution in [1.82, 2.24) is 9.80 Å². The summed E-state index contributed by atoms with van der Waals surface area (Å²) in [6.07, 6.45) is 3.70. The first-order chi connectivity index (χ1) is 10.4. The molecule has 5 heteroatoms. The van der Waals surface area contributed by atoms with Crippen LogP contribution in [-0.2, 0) is 11.3 Å². The van der Waals surface area contributed by atoms with E-state index in [0.29, 0.717) is 12.1 Å². The summed E-state index contributed by atoms with van der Waals surface area (Å²) in [5.74, 6) is -0.261. The molecule has 1 aliphatic carbocycles. The topological polar surface area (TPSA) is 66.6 Å². The Kier molecular flexibility index (Phi) is 4.86. The Morgan fingerprint density at radius 2 is 1.82 bits per heavy atom. The maximum atomic E-state index is 12.0. The number of benzene rings is 1. The molecular formula is C17H25N3O2. The average molecular weight is 303 g/mol. The van der Waals surface area contributed by atoms with Gasteiger partial charge < -0.3 is 10.6 Å². The predicted octanol–water partition coefficient (Wildman–Crippen LogP) is 1.62. The molecule has 5 nitrogen and oxygen atoms in total. The number of nitrogens with two attached hydrogens (primary N) is 1. The van der Waals surface area contributed by atoms with Gasteiger partial charge in [0.2, 0.25) is 5.91 Å². The lowest BCUT2D eigenvalue weighted by Gasteiger charge is -2.36. The second-order valence-corrected chi connectivity index (χ2v) is 6.36.